The molecule has 0 bridgehead atoms. The maximum Gasteiger partial charge on any atom is 0.220 e. The summed E-state index contributed by atoms with van der Waals surface area (Å²) < 4.78 is 0. The van der Waals surface area contributed by atoms with Crippen molar-refractivity contribution in [3.63, 3.8) is 0 Å². The van der Waals surface area contributed by atoms with Gasteiger partial charge < -0.3 is 10.2 Å². The number of hydrogen-bond acceptors (Lipinski definition) is 4. The van der Waals surface area contributed by atoms with Crippen molar-refractivity contribution in [3.8, 4) is 0 Å². The van der Waals surface area contributed by atoms with Crippen LogP contribution in [0.5, 0.6) is 0 Å². The van der Waals surface area contributed by atoms with Crippen LogP contribution in [0.15, 0.2) is 12.4 Å². The molecule has 0 aromatic carbocycles. The number of piperidine rings is 1. The van der Waals surface area contributed by atoms with Crippen LogP contribution in [0.2, 0.25) is 0 Å². The Bertz CT molecular complexity index is 435. The third kappa shape index (κ3) is 3.91. The summed E-state index contributed by atoms with van der Waals surface area (Å²) in [7, 11) is 0. The van der Waals surface area contributed by atoms with E-state index in [0.717, 1.165) is 43.9 Å². The monoisotopic (exact) mass is 262 g/mol. The van der Waals surface area contributed by atoms with E-state index in [1.165, 1.54) is 0 Å². The van der Waals surface area contributed by atoms with Gasteiger partial charge >= 0.3 is 0 Å². The number of amides is 1. The fourth-order valence-corrected chi connectivity index (χ4v) is 2.43. The molecular formula is C14H22N4O. The molecule has 1 atom stereocenters. The minimum Gasteiger partial charge on any atom is -0.353 e. The van der Waals surface area contributed by atoms with E-state index in [1.807, 2.05) is 13.8 Å². The van der Waals surface area contributed by atoms with Gasteiger partial charge in [0.25, 0.3) is 0 Å². The normalized spacial score (nSPS) is 19.3. The Morgan fingerprint density at radius 1 is 1.53 bits per heavy atom. The average Bonchev–Trinajstić information content (AvgIpc) is 2.39. The van der Waals surface area contributed by atoms with Crippen LogP contribution in [-0.4, -0.2) is 35.0 Å². The summed E-state index contributed by atoms with van der Waals surface area (Å²) in [6, 6.07) is 0.232. The molecule has 0 radical (unpaired) electrons. The second-order valence-electron chi connectivity index (χ2n) is 5.12. The Morgan fingerprint density at radius 2 is 2.37 bits per heavy atom. The van der Waals surface area contributed by atoms with Crippen LogP contribution >= 0.6 is 0 Å². The van der Waals surface area contributed by atoms with Crippen LogP contribution in [0.1, 0.15) is 38.3 Å². The van der Waals surface area contributed by atoms with Crippen molar-refractivity contribution in [1.29, 1.82) is 0 Å². The maximum atomic E-state index is 11.7. The van der Waals surface area contributed by atoms with Gasteiger partial charge in [-0.2, -0.15) is 0 Å². The van der Waals surface area contributed by atoms with Gasteiger partial charge in [-0.3, -0.25) is 9.78 Å². The predicted octanol–water partition coefficient (Wildman–Crippen LogP) is 1.67. The van der Waals surface area contributed by atoms with Crippen molar-refractivity contribution in [3.05, 3.63) is 18.1 Å². The highest BCUT2D eigenvalue weighted by Crippen LogP contribution is 2.17. The van der Waals surface area contributed by atoms with Crippen LogP contribution in [0.4, 0.5) is 5.82 Å². The summed E-state index contributed by atoms with van der Waals surface area (Å²) in [5.74, 6) is 1.07. The van der Waals surface area contributed by atoms with Crippen molar-refractivity contribution < 1.29 is 4.79 Å². The van der Waals surface area contributed by atoms with E-state index in [0.29, 0.717) is 6.42 Å². The zero-order chi connectivity index (χ0) is 13.7. The lowest BCUT2D eigenvalue weighted by Crippen LogP contribution is -2.48. The highest BCUT2D eigenvalue weighted by molar-refractivity contribution is 5.76. The minimum absolute atomic E-state index is 0.157. The molecule has 1 N–H and O–H groups in total. The second kappa shape index (κ2) is 6.50. The standard InChI is InChI=1S/C14H22N4O/c1-3-5-14(19)17-12-6-4-7-18(10-12)13-9-15-8-11(2)16-13/h8-9,12H,3-7,10H2,1-2H3,(H,17,19). The molecule has 0 spiro atoms. The van der Waals surface area contributed by atoms with Crippen LogP contribution in [0.25, 0.3) is 0 Å². The van der Waals surface area contributed by atoms with E-state index in [-0.39, 0.29) is 11.9 Å². The number of nitrogens with zero attached hydrogens (tertiary/aromatic N) is 3. The van der Waals surface area contributed by atoms with Crippen molar-refractivity contribution in [1.82, 2.24) is 15.3 Å². The predicted molar refractivity (Wildman–Crippen MR) is 75.1 cm³/mol. The first-order valence-corrected chi connectivity index (χ1v) is 7.02. The summed E-state index contributed by atoms with van der Waals surface area (Å²) in [4.78, 5) is 22.5. The molecule has 104 valence electrons. The van der Waals surface area contributed by atoms with Gasteiger partial charge in [0.2, 0.25) is 5.91 Å². The van der Waals surface area contributed by atoms with Crippen molar-refractivity contribution in [2.75, 3.05) is 18.0 Å². The summed E-state index contributed by atoms with van der Waals surface area (Å²) >= 11 is 0. The summed E-state index contributed by atoms with van der Waals surface area (Å²) in [6.07, 6.45) is 7.18. The number of aromatic nitrogens is 2. The molecule has 2 rings (SSSR count). The Balaban J connectivity index is 1.95. The van der Waals surface area contributed by atoms with Crippen molar-refractivity contribution in [2.45, 2.75) is 45.6 Å². The number of hydrogen-bond donors (Lipinski definition) is 1. The van der Waals surface area contributed by atoms with E-state index in [9.17, 15) is 4.79 Å². The summed E-state index contributed by atoms with van der Waals surface area (Å²) in [6.45, 7) is 5.78. The summed E-state index contributed by atoms with van der Waals surface area (Å²) in [5, 5.41) is 3.11. The highest BCUT2D eigenvalue weighted by Gasteiger charge is 2.22. The first kappa shape index (κ1) is 13.8. The largest absolute Gasteiger partial charge is 0.353 e. The van der Waals surface area contributed by atoms with Crippen LogP contribution < -0.4 is 10.2 Å². The molecule has 1 fully saturated rings. The van der Waals surface area contributed by atoms with Gasteiger partial charge in [0.1, 0.15) is 5.82 Å². The number of carbonyl (C=O) groups excluding carboxylic acids is 1. The number of rotatable bonds is 4. The molecule has 0 saturated carbocycles. The third-order valence-electron chi connectivity index (χ3n) is 3.33. The lowest BCUT2D eigenvalue weighted by molar-refractivity contribution is -0.121. The summed E-state index contributed by atoms with van der Waals surface area (Å²) in [5.41, 5.74) is 0.926. The zero-order valence-corrected chi connectivity index (χ0v) is 11.7. The van der Waals surface area contributed by atoms with Crippen molar-refractivity contribution in [2.24, 2.45) is 0 Å². The average molecular weight is 262 g/mol. The van der Waals surface area contributed by atoms with Crippen LogP contribution in [0, 0.1) is 6.92 Å². The molecule has 1 aliphatic heterocycles. The quantitative estimate of drug-likeness (QED) is 0.896. The fraction of sp³-hybridized carbons (Fsp3) is 0.643. The van der Waals surface area contributed by atoms with Crippen molar-refractivity contribution >= 4 is 11.7 Å². The zero-order valence-electron chi connectivity index (χ0n) is 11.7. The SMILES string of the molecule is CCCC(=O)NC1CCCN(c2cncc(C)n2)C1. The molecule has 5 nitrogen and oxygen atoms in total. The van der Waals surface area contributed by atoms with E-state index < -0.39 is 0 Å². The molecule has 1 unspecified atom stereocenters. The third-order valence-corrected chi connectivity index (χ3v) is 3.33. The number of nitrogens with one attached hydrogen (secondary N) is 1. The Hall–Kier alpha value is -1.65. The van der Waals surface area contributed by atoms with E-state index in [4.69, 9.17) is 0 Å². The van der Waals surface area contributed by atoms with Gasteiger partial charge in [0, 0.05) is 31.7 Å². The van der Waals surface area contributed by atoms with E-state index in [1.54, 1.807) is 12.4 Å². The second-order valence-corrected chi connectivity index (χ2v) is 5.12. The van der Waals surface area contributed by atoms with Gasteiger partial charge in [-0.25, -0.2) is 4.98 Å². The molecule has 0 aliphatic carbocycles. The Morgan fingerprint density at radius 3 is 3.11 bits per heavy atom. The molecule has 1 aliphatic rings. The minimum atomic E-state index is 0.157. The topological polar surface area (TPSA) is 58.1 Å². The molecule has 1 aromatic heterocycles. The maximum absolute atomic E-state index is 11.7. The van der Waals surface area contributed by atoms with E-state index >= 15 is 0 Å². The lowest BCUT2D eigenvalue weighted by atomic mass is 10.1. The van der Waals surface area contributed by atoms with Gasteiger partial charge in [0.15, 0.2) is 0 Å². The molecule has 5 heteroatoms. The first-order valence-electron chi connectivity index (χ1n) is 7.02. The van der Waals surface area contributed by atoms with Gasteiger partial charge in [-0.15, -0.1) is 0 Å². The molecular weight excluding hydrogens is 240 g/mol. The smallest absolute Gasteiger partial charge is 0.220 e. The molecule has 19 heavy (non-hydrogen) atoms. The fourth-order valence-electron chi connectivity index (χ4n) is 2.43. The highest BCUT2D eigenvalue weighted by atomic mass is 16.1. The molecule has 1 amide bonds. The van der Waals surface area contributed by atoms with Gasteiger partial charge in [0.05, 0.1) is 11.9 Å². The molecule has 1 aromatic rings. The molecule has 1 saturated heterocycles. The van der Waals surface area contributed by atoms with Crippen LogP contribution in [0.3, 0.4) is 0 Å². The Kier molecular flexibility index (Phi) is 4.71. The lowest BCUT2D eigenvalue weighted by Gasteiger charge is -2.33. The number of aryl methyl sites for hydroxylation is 1. The van der Waals surface area contributed by atoms with Gasteiger partial charge in [-0.05, 0) is 26.2 Å². The number of anilines is 1. The van der Waals surface area contributed by atoms with E-state index in [2.05, 4.69) is 20.2 Å². The van der Waals surface area contributed by atoms with Gasteiger partial charge in [-0.1, -0.05) is 6.92 Å². The van der Waals surface area contributed by atoms with Crippen LogP contribution in [-0.2, 0) is 4.79 Å². The first-order chi connectivity index (χ1) is 9.19. The Labute approximate surface area is 114 Å². The number of carbonyl (C=O) groups is 1. The molecule has 2 heterocycles.